The third kappa shape index (κ3) is 2.92. The second-order valence-electron chi connectivity index (χ2n) is 6.17. The predicted molar refractivity (Wildman–Crippen MR) is 101 cm³/mol. The van der Waals surface area contributed by atoms with Crippen molar-refractivity contribution in [1.29, 1.82) is 0 Å². The zero-order valence-electron chi connectivity index (χ0n) is 13.8. The van der Waals surface area contributed by atoms with Crippen molar-refractivity contribution < 1.29 is 4.74 Å². The average Bonchev–Trinajstić information content (AvgIpc) is 3.31. The van der Waals surface area contributed by atoms with E-state index in [-0.39, 0.29) is 0 Å². The number of morpholine rings is 1. The minimum atomic E-state index is 0.759. The van der Waals surface area contributed by atoms with Gasteiger partial charge >= 0.3 is 0 Å². The molecule has 1 aliphatic heterocycles. The number of hydrogen-bond acceptors (Lipinski definition) is 9. The van der Waals surface area contributed by atoms with Crippen molar-refractivity contribution in [2.24, 2.45) is 0 Å². The van der Waals surface area contributed by atoms with E-state index in [9.17, 15) is 0 Å². The van der Waals surface area contributed by atoms with E-state index in [4.69, 9.17) is 9.72 Å². The molecule has 1 fully saturated rings. The second kappa shape index (κ2) is 6.46. The van der Waals surface area contributed by atoms with E-state index in [1.54, 1.807) is 23.1 Å². The van der Waals surface area contributed by atoms with Gasteiger partial charge < -0.3 is 9.64 Å². The molecule has 6 nitrogen and oxygen atoms in total. The van der Waals surface area contributed by atoms with Crippen LogP contribution in [0, 0.1) is 6.92 Å². The van der Waals surface area contributed by atoms with Crippen LogP contribution < -0.4 is 4.90 Å². The minimum Gasteiger partial charge on any atom is -0.378 e. The first-order valence-electron chi connectivity index (χ1n) is 8.41. The SMILES string of the molecule is Cc1nc(Sc2nnc(N3CCOCC3)s2)c2c3c(sc2n1)CCC3. The van der Waals surface area contributed by atoms with Crippen molar-refractivity contribution in [3.05, 3.63) is 16.3 Å². The Morgan fingerprint density at radius 1 is 1.08 bits per heavy atom. The molecule has 5 rings (SSSR count). The second-order valence-corrected chi connectivity index (χ2v) is 9.44. The molecule has 0 unspecified atom stereocenters. The Balaban J connectivity index is 1.49. The van der Waals surface area contributed by atoms with Crippen LogP contribution in [0.1, 0.15) is 22.7 Å². The lowest BCUT2D eigenvalue weighted by Crippen LogP contribution is -2.36. The van der Waals surface area contributed by atoms with Gasteiger partial charge in [-0.2, -0.15) is 0 Å². The number of nitrogens with zero attached hydrogens (tertiary/aromatic N) is 5. The van der Waals surface area contributed by atoms with Gasteiger partial charge in [-0.05, 0) is 43.5 Å². The molecule has 0 bridgehead atoms. The molecule has 25 heavy (non-hydrogen) atoms. The summed E-state index contributed by atoms with van der Waals surface area (Å²) in [6.07, 6.45) is 3.57. The maximum Gasteiger partial charge on any atom is 0.209 e. The molecule has 4 heterocycles. The average molecular weight is 392 g/mol. The van der Waals surface area contributed by atoms with Gasteiger partial charge in [0.2, 0.25) is 5.13 Å². The summed E-state index contributed by atoms with van der Waals surface area (Å²) < 4.78 is 6.36. The van der Waals surface area contributed by atoms with Crippen molar-refractivity contribution in [2.45, 2.75) is 35.6 Å². The molecule has 9 heteroatoms. The van der Waals surface area contributed by atoms with Gasteiger partial charge in [0.1, 0.15) is 15.7 Å². The Morgan fingerprint density at radius 2 is 1.96 bits per heavy atom. The lowest BCUT2D eigenvalue weighted by Gasteiger charge is -2.25. The summed E-state index contributed by atoms with van der Waals surface area (Å²) >= 11 is 5.10. The van der Waals surface area contributed by atoms with E-state index < -0.39 is 0 Å². The molecule has 0 spiro atoms. The lowest BCUT2D eigenvalue weighted by molar-refractivity contribution is 0.122. The monoisotopic (exact) mass is 391 g/mol. The molecule has 0 aromatic carbocycles. The standard InChI is InChI=1S/C16H17N5OS3/c1-9-17-13-12(10-3-2-4-11(10)23-13)14(18-9)24-16-20-19-15(25-16)21-5-7-22-8-6-21/h2-8H2,1H3. The first-order valence-corrected chi connectivity index (χ1v) is 10.9. The number of fused-ring (bicyclic) bond motifs is 3. The molecular weight excluding hydrogens is 374 g/mol. The summed E-state index contributed by atoms with van der Waals surface area (Å²) in [6, 6.07) is 0. The Hall–Kier alpha value is -1.29. The first kappa shape index (κ1) is 15.9. The van der Waals surface area contributed by atoms with Crippen LogP contribution in [-0.2, 0) is 17.6 Å². The van der Waals surface area contributed by atoms with E-state index >= 15 is 0 Å². The van der Waals surface area contributed by atoms with Gasteiger partial charge in [0, 0.05) is 23.4 Å². The van der Waals surface area contributed by atoms with Gasteiger partial charge in [0.15, 0.2) is 4.34 Å². The Labute approximate surface area is 157 Å². The Morgan fingerprint density at radius 3 is 2.84 bits per heavy atom. The highest BCUT2D eigenvalue weighted by Crippen LogP contribution is 2.43. The molecular formula is C16H17N5OS3. The quantitative estimate of drug-likeness (QED) is 0.635. The number of hydrogen-bond donors (Lipinski definition) is 0. The largest absolute Gasteiger partial charge is 0.378 e. The minimum absolute atomic E-state index is 0.759. The molecule has 1 aliphatic carbocycles. The molecule has 1 saturated heterocycles. The summed E-state index contributed by atoms with van der Waals surface area (Å²) in [4.78, 5) is 14.2. The van der Waals surface area contributed by atoms with Crippen LogP contribution in [0.3, 0.4) is 0 Å². The number of thiophene rings is 1. The molecule has 0 amide bonds. The summed E-state index contributed by atoms with van der Waals surface area (Å²) in [5.41, 5.74) is 1.46. The Bertz CT molecular complexity index is 931. The highest BCUT2D eigenvalue weighted by molar-refractivity contribution is 8.01. The normalized spacial score (nSPS) is 17.4. The highest BCUT2D eigenvalue weighted by Gasteiger charge is 2.23. The van der Waals surface area contributed by atoms with Crippen molar-refractivity contribution >= 4 is 49.8 Å². The number of ether oxygens (including phenoxy) is 1. The van der Waals surface area contributed by atoms with Crippen LogP contribution in [0.2, 0.25) is 0 Å². The van der Waals surface area contributed by atoms with E-state index in [1.807, 2.05) is 18.3 Å². The zero-order valence-corrected chi connectivity index (χ0v) is 16.3. The Kier molecular flexibility index (Phi) is 4.11. The molecule has 2 aliphatic rings. The predicted octanol–water partition coefficient (Wildman–Crippen LogP) is 3.33. The number of anilines is 1. The molecule has 130 valence electrons. The van der Waals surface area contributed by atoms with E-state index in [2.05, 4.69) is 20.1 Å². The number of rotatable bonds is 3. The van der Waals surface area contributed by atoms with Crippen LogP contribution in [0.15, 0.2) is 9.37 Å². The van der Waals surface area contributed by atoms with Crippen LogP contribution >= 0.6 is 34.4 Å². The van der Waals surface area contributed by atoms with E-state index in [0.29, 0.717) is 0 Å². The number of aromatic nitrogens is 4. The third-order valence-corrected chi connectivity index (χ3v) is 7.71. The van der Waals surface area contributed by atoms with Gasteiger partial charge in [0.25, 0.3) is 0 Å². The van der Waals surface area contributed by atoms with Gasteiger partial charge in [-0.3, -0.25) is 0 Å². The maximum atomic E-state index is 5.41. The number of aryl methyl sites for hydroxylation is 3. The maximum absolute atomic E-state index is 5.41. The van der Waals surface area contributed by atoms with Crippen molar-refractivity contribution in [2.75, 3.05) is 31.2 Å². The molecule has 0 atom stereocenters. The van der Waals surface area contributed by atoms with Gasteiger partial charge in [-0.25, -0.2) is 9.97 Å². The van der Waals surface area contributed by atoms with Crippen molar-refractivity contribution in [1.82, 2.24) is 20.2 Å². The van der Waals surface area contributed by atoms with Crippen molar-refractivity contribution in [3.63, 3.8) is 0 Å². The third-order valence-electron chi connectivity index (χ3n) is 4.50. The van der Waals surface area contributed by atoms with Crippen LogP contribution in [0.4, 0.5) is 5.13 Å². The van der Waals surface area contributed by atoms with Crippen LogP contribution in [-0.4, -0.2) is 46.5 Å². The fraction of sp³-hybridized carbons (Fsp3) is 0.500. The molecule has 0 saturated carbocycles. The summed E-state index contributed by atoms with van der Waals surface area (Å²) in [7, 11) is 0. The topological polar surface area (TPSA) is 64.0 Å². The smallest absolute Gasteiger partial charge is 0.209 e. The summed E-state index contributed by atoms with van der Waals surface area (Å²) in [5, 5.41) is 12.0. The molecule has 0 N–H and O–H groups in total. The first-order chi connectivity index (χ1) is 12.3. The van der Waals surface area contributed by atoms with Gasteiger partial charge in [-0.1, -0.05) is 11.3 Å². The van der Waals surface area contributed by atoms with Crippen LogP contribution in [0.25, 0.3) is 10.2 Å². The molecule has 3 aromatic rings. The van der Waals surface area contributed by atoms with Crippen molar-refractivity contribution in [3.8, 4) is 0 Å². The lowest BCUT2D eigenvalue weighted by atomic mass is 10.2. The summed E-state index contributed by atoms with van der Waals surface area (Å²) in [6.45, 7) is 5.25. The molecule has 0 radical (unpaired) electrons. The van der Waals surface area contributed by atoms with E-state index in [0.717, 1.165) is 57.9 Å². The van der Waals surface area contributed by atoms with E-state index in [1.165, 1.54) is 28.7 Å². The fourth-order valence-corrected chi connectivity index (χ4v) is 6.72. The molecule has 3 aromatic heterocycles. The van der Waals surface area contributed by atoms with Gasteiger partial charge in [0.05, 0.1) is 13.2 Å². The fourth-order valence-electron chi connectivity index (χ4n) is 3.35. The zero-order chi connectivity index (χ0) is 16.8. The van der Waals surface area contributed by atoms with Gasteiger partial charge in [-0.15, -0.1) is 21.5 Å². The summed E-state index contributed by atoms with van der Waals surface area (Å²) in [5.74, 6) is 0.827. The highest BCUT2D eigenvalue weighted by atomic mass is 32.2. The van der Waals surface area contributed by atoms with Crippen LogP contribution in [0.5, 0.6) is 0 Å².